The number of carbonyl (C=O) groups is 1. The summed E-state index contributed by atoms with van der Waals surface area (Å²) in [5, 5.41) is 8.44. The van der Waals surface area contributed by atoms with Crippen LogP contribution < -0.4 is 0 Å². The summed E-state index contributed by atoms with van der Waals surface area (Å²) in [5.74, 6) is 1.93. The van der Waals surface area contributed by atoms with Gasteiger partial charge in [-0.3, -0.25) is 14.4 Å². The summed E-state index contributed by atoms with van der Waals surface area (Å²) >= 11 is 0. The minimum absolute atomic E-state index is 0.0397. The Morgan fingerprint density at radius 1 is 1.44 bits per heavy atom. The van der Waals surface area contributed by atoms with E-state index < -0.39 is 0 Å². The zero-order valence-corrected chi connectivity index (χ0v) is 15.2. The predicted molar refractivity (Wildman–Crippen MR) is 90.8 cm³/mol. The lowest BCUT2D eigenvalue weighted by atomic mass is 9.99. The second kappa shape index (κ2) is 7.37. The Kier molecular flexibility index (Phi) is 5.19. The lowest BCUT2D eigenvalue weighted by molar-refractivity contribution is -0.133. The van der Waals surface area contributed by atoms with Crippen molar-refractivity contribution >= 4 is 5.91 Å². The van der Waals surface area contributed by atoms with Gasteiger partial charge in [0.05, 0.1) is 18.8 Å². The normalized spacial score (nSPS) is 17.5. The number of carbonyl (C=O) groups excluding carboxylic acids is 1. The van der Waals surface area contributed by atoms with E-state index in [9.17, 15) is 4.79 Å². The van der Waals surface area contributed by atoms with Crippen molar-refractivity contribution < 1.29 is 13.9 Å². The van der Waals surface area contributed by atoms with E-state index in [4.69, 9.17) is 9.15 Å². The van der Waals surface area contributed by atoms with Crippen LogP contribution in [0.2, 0.25) is 0 Å². The molecule has 1 aliphatic heterocycles. The monoisotopic (exact) mass is 347 g/mol. The molecule has 2 aromatic rings. The fourth-order valence-corrected chi connectivity index (χ4v) is 3.15. The highest BCUT2D eigenvalue weighted by molar-refractivity contribution is 5.76. The van der Waals surface area contributed by atoms with E-state index in [1.54, 1.807) is 14.1 Å². The highest BCUT2D eigenvalue weighted by Crippen LogP contribution is 2.28. The Hall–Kier alpha value is -2.19. The topological polar surface area (TPSA) is 76.6 Å². The van der Waals surface area contributed by atoms with Crippen molar-refractivity contribution in [1.29, 1.82) is 0 Å². The molecule has 0 radical (unpaired) electrons. The average Bonchev–Trinajstić information content (AvgIpc) is 3.13. The number of nitrogens with zero attached hydrogens (tertiary/aromatic N) is 5. The average molecular weight is 347 g/mol. The van der Waals surface area contributed by atoms with Gasteiger partial charge in [-0.15, -0.1) is 5.10 Å². The molecule has 0 aliphatic carbocycles. The van der Waals surface area contributed by atoms with Crippen LogP contribution in [-0.2, 0) is 29.7 Å². The third-order valence-electron chi connectivity index (χ3n) is 4.40. The van der Waals surface area contributed by atoms with Gasteiger partial charge < -0.3 is 14.1 Å². The summed E-state index contributed by atoms with van der Waals surface area (Å²) in [7, 11) is 5.35. The van der Waals surface area contributed by atoms with Crippen molar-refractivity contribution in [3.8, 4) is 0 Å². The van der Waals surface area contributed by atoms with Gasteiger partial charge in [0.1, 0.15) is 23.8 Å². The molecule has 1 aliphatic rings. The number of fused-ring (bicyclic) bond motifs is 1. The molecular weight excluding hydrogens is 322 g/mol. The van der Waals surface area contributed by atoms with Crippen LogP contribution in [0.5, 0.6) is 0 Å². The van der Waals surface area contributed by atoms with Crippen molar-refractivity contribution in [3.63, 3.8) is 0 Å². The Balaban J connectivity index is 1.67. The fraction of sp³-hybridized carbons (Fsp3) is 0.588. The van der Waals surface area contributed by atoms with Gasteiger partial charge >= 0.3 is 0 Å². The maximum absolute atomic E-state index is 11.7. The highest BCUT2D eigenvalue weighted by Gasteiger charge is 2.30. The van der Waals surface area contributed by atoms with E-state index in [2.05, 4.69) is 15.2 Å². The van der Waals surface area contributed by atoms with Crippen LogP contribution in [0.1, 0.15) is 28.8 Å². The summed E-state index contributed by atoms with van der Waals surface area (Å²) in [6.07, 6.45) is 0. The van der Waals surface area contributed by atoms with Gasteiger partial charge in [-0.1, -0.05) is 5.21 Å². The number of hydrogen-bond donors (Lipinski definition) is 0. The number of aryl methyl sites for hydroxylation is 2. The van der Waals surface area contributed by atoms with Crippen LogP contribution in [0, 0.1) is 6.92 Å². The first-order valence-electron chi connectivity index (χ1n) is 8.38. The largest absolute Gasteiger partial charge is 0.465 e. The number of hydrogen-bond acceptors (Lipinski definition) is 6. The van der Waals surface area contributed by atoms with Crippen LogP contribution in [0.25, 0.3) is 0 Å². The third kappa shape index (κ3) is 4.08. The molecule has 0 saturated heterocycles. The number of likely N-dealkylation sites (N-methyl/N-ethyl adjacent to an activating group) is 1. The first-order valence-corrected chi connectivity index (χ1v) is 8.38. The molecule has 1 atom stereocenters. The van der Waals surface area contributed by atoms with Crippen LogP contribution in [-0.4, -0.2) is 64.6 Å². The molecule has 0 aromatic carbocycles. The second-order valence-electron chi connectivity index (χ2n) is 6.73. The number of rotatable bonds is 6. The lowest BCUT2D eigenvalue weighted by Gasteiger charge is -2.31. The lowest BCUT2D eigenvalue weighted by Crippen LogP contribution is -2.36. The fourth-order valence-electron chi connectivity index (χ4n) is 3.15. The van der Waals surface area contributed by atoms with Gasteiger partial charge in [0.25, 0.3) is 0 Å². The van der Waals surface area contributed by atoms with Crippen LogP contribution in [0.15, 0.2) is 16.5 Å². The first-order chi connectivity index (χ1) is 11.9. The molecule has 0 unspecified atom stereocenters. The number of furan rings is 1. The van der Waals surface area contributed by atoms with Crippen LogP contribution in [0.4, 0.5) is 0 Å². The molecular formula is C17H25N5O3. The van der Waals surface area contributed by atoms with Crippen LogP contribution in [0.3, 0.4) is 0 Å². The van der Waals surface area contributed by atoms with Gasteiger partial charge in [-0.05, 0) is 19.1 Å². The molecule has 3 rings (SSSR count). The summed E-state index contributed by atoms with van der Waals surface area (Å²) in [4.78, 5) is 15.5. The Bertz CT molecular complexity index is 736. The zero-order valence-electron chi connectivity index (χ0n) is 15.2. The number of aromatic nitrogens is 3. The standard InChI is InChI=1S/C17H25N5O3/c1-12-5-6-14(25-12)8-22-7-13(10-24-11-16(23)20(2)3)17-15(9-22)18-19-21(17)4/h5-6,13H,7-11H2,1-4H3/t13-/m1/s1. The van der Waals surface area contributed by atoms with E-state index in [0.717, 1.165) is 42.5 Å². The molecule has 0 saturated carbocycles. The second-order valence-corrected chi connectivity index (χ2v) is 6.73. The molecule has 8 nitrogen and oxygen atoms in total. The molecule has 3 heterocycles. The molecule has 8 heteroatoms. The van der Waals surface area contributed by atoms with Gasteiger partial charge in [0.2, 0.25) is 5.91 Å². The summed E-state index contributed by atoms with van der Waals surface area (Å²) in [6.45, 7) is 4.75. The van der Waals surface area contributed by atoms with Crippen molar-refractivity contribution in [2.24, 2.45) is 7.05 Å². The van der Waals surface area contributed by atoms with Crippen molar-refractivity contribution in [2.45, 2.75) is 25.9 Å². The SMILES string of the molecule is Cc1ccc(CN2Cc3nnn(C)c3[C@@H](COCC(=O)N(C)C)C2)o1. The van der Waals surface area contributed by atoms with Crippen molar-refractivity contribution in [1.82, 2.24) is 24.8 Å². The molecule has 25 heavy (non-hydrogen) atoms. The van der Waals surface area contributed by atoms with E-state index in [1.807, 2.05) is 30.8 Å². The smallest absolute Gasteiger partial charge is 0.248 e. The summed E-state index contributed by atoms with van der Waals surface area (Å²) < 4.78 is 13.2. The summed E-state index contributed by atoms with van der Waals surface area (Å²) in [5.41, 5.74) is 2.05. The molecule has 0 fully saturated rings. The highest BCUT2D eigenvalue weighted by atomic mass is 16.5. The number of amides is 1. The van der Waals surface area contributed by atoms with Gasteiger partial charge in [-0.2, -0.15) is 0 Å². The minimum atomic E-state index is -0.0397. The van der Waals surface area contributed by atoms with Gasteiger partial charge in [0, 0.05) is 40.2 Å². The van der Waals surface area contributed by atoms with Gasteiger partial charge in [0.15, 0.2) is 0 Å². The maximum Gasteiger partial charge on any atom is 0.248 e. The molecule has 136 valence electrons. The van der Waals surface area contributed by atoms with Crippen LogP contribution >= 0.6 is 0 Å². The minimum Gasteiger partial charge on any atom is -0.465 e. The zero-order chi connectivity index (χ0) is 18.0. The Morgan fingerprint density at radius 3 is 2.92 bits per heavy atom. The Morgan fingerprint density at radius 2 is 2.24 bits per heavy atom. The first kappa shape index (κ1) is 17.6. The van der Waals surface area contributed by atoms with Crippen molar-refractivity contribution in [2.75, 3.05) is 33.9 Å². The van der Waals surface area contributed by atoms with Gasteiger partial charge in [-0.25, -0.2) is 0 Å². The van der Waals surface area contributed by atoms with E-state index in [0.29, 0.717) is 6.61 Å². The predicted octanol–water partition coefficient (Wildman–Crippen LogP) is 0.921. The molecule has 0 bridgehead atoms. The summed E-state index contributed by atoms with van der Waals surface area (Å²) in [6, 6.07) is 3.98. The third-order valence-corrected chi connectivity index (χ3v) is 4.40. The van der Waals surface area contributed by atoms with Crippen molar-refractivity contribution in [3.05, 3.63) is 35.0 Å². The maximum atomic E-state index is 11.7. The molecule has 0 N–H and O–H groups in total. The molecule has 2 aromatic heterocycles. The van der Waals surface area contributed by atoms with E-state index in [1.165, 1.54) is 4.90 Å². The quantitative estimate of drug-likeness (QED) is 0.773. The van der Waals surface area contributed by atoms with E-state index in [-0.39, 0.29) is 18.4 Å². The molecule has 1 amide bonds. The molecule has 0 spiro atoms. The van der Waals surface area contributed by atoms with E-state index >= 15 is 0 Å². The Labute approximate surface area is 147 Å². The number of ether oxygens (including phenoxy) is 1.